The van der Waals surface area contributed by atoms with Crippen LogP contribution < -0.4 is 5.56 Å². The van der Waals surface area contributed by atoms with Crippen LogP contribution in [0.2, 0.25) is 0 Å². The molecule has 0 amide bonds. The molecule has 0 aliphatic rings. The normalized spacial score (nSPS) is 12.2. The number of rotatable bonds is 4. The molecule has 2 aromatic rings. The molecule has 2 rings (SSSR count). The first kappa shape index (κ1) is 16.4. The zero-order chi connectivity index (χ0) is 15.9. The Hall–Kier alpha value is -0.940. The molecule has 0 spiro atoms. The van der Waals surface area contributed by atoms with Gasteiger partial charge in [-0.15, -0.1) is 11.3 Å². The Morgan fingerprint density at radius 3 is 2.29 bits per heavy atom. The van der Waals surface area contributed by atoms with Crippen molar-refractivity contribution in [2.75, 3.05) is 0 Å². The Morgan fingerprint density at radius 1 is 1.19 bits per heavy atom. The summed E-state index contributed by atoms with van der Waals surface area (Å²) in [5.74, 6) is 1.48. The van der Waals surface area contributed by atoms with Crippen molar-refractivity contribution in [3.8, 4) is 0 Å². The van der Waals surface area contributed by atoms with E-state index in [0.29, 0.717) is 29.1 Å². The van der Waals surface area contributed by atoms with E-state index in [9.17, 15) is 4.79 Å². The van der Waals surface area contributed by atoms with E-state index in [1.807, 2.05) is 13.8 Å². The molecule has 0 radical (unpaired) electrons. The van der Waals surface area contributed by atoms with Gasteiger partial charge in [-0.05, 0) is 49.4 Å². The number of aryl methyl sites for hydroxylation is 2. The number of thiophene rings is 1. The fraction of sp³-hybridized carbons (Fsp3) is 0.625. The average molecular weight is 325 g/mol. The summed E-state index contributed by atoms with van der Waals surface area (Å²) in [6.07, 6.45) is 0. The zero-order valence-corrected chi connectivity index (χ0v) is 15.2. The number of nitrogens with one attached hydrogen (secondary N) is 1. The van der Waals surface area contributed by atoms with Crippen LogP contribution in [0.1, 0.15) is 38.1 Å². The van der Waals surface area contributed by atoms with Gasteiger partial charge >= 0.3 is 0 Å². The summed E-state index contributed by atoms with van der Waals surface area (Å²) in [6.45, 7) is 13.6. The third-order valence-electron chi connectivity index (χ3n) is 4.42. The van der Waals surface area contributed by atoms with Crippen LogP contribution in [-0.4, -0.2) is 9.55 Å². The first-order chi connectivity index (χ1) is 9.73. The van der Waals surface area contributed by atoms with Gasteiger partial charge < -0.3 is 4.98 Å². The zero-order valence-electron chi connectivity index (χ0n) is 13.6. The minimum absolute atomic E-state index is 0.0573. The van der Waals surface area contributed by atoms with Crippen molar-refractivity contribution in [2.45, 2.75) is 48.1 Å². The second kappa shape index (κ2) is 6.05. The monoisotopic (exact) mass is 324 g/mol. The Bertz CT molecular complexity index is 757. The molecule has 2 heterocycles. The van der Waals surface area contributed by atoms with Crippen LogP contribution >= 0.6 is 23.6 Å². The fourth-order valence-electron chi connectivity index (χ4n) is 2.93. The van der Waals surface area contributed by atoms with E-state index in [0.717, 1.165) is 15.8 Å². The fourth-order valence-corrected chi connectivity index (χ4v) is 4.31. The molecule has 5 heteroatoms. The van der Waals surface area contributed by atoms with Gasteiger partial charge in [0.05, 0.1) is 5.39 Å². The number of hydrogen-bond acceptors (Lipinski definition) is 3. The molecule has 0 atom stereocenters. The van der Waals surface area contributed by atoms with Crippen molar-refractivity contribution in [3.63, 3.8) is 0 Å². The second-order valence-corrected chi connectivity index (χ2v) is 8.10. The van der Waals surface area contributed by atoms with Crippen molar-refractivity contribution >= 4 is 33.8 Å². The highest BCUT2D eigenvalue weighted by atomic mass is 32.1. The van der Waals surface area contributed by atoms with Gasteiger partial charge in [0.1, 0.15) is 4.83 Å². The van der Waals surface area contributed by atoms with Crippen molar-refractivity contribution in [2.24, 2.45) is 17.8 Å². The van der Waals surface area contributed by atoms with Crippen LogP contribution in [0.4, 0.5) is 0 Å². The lowest BCUT2D eigenvalue weighted by molar-refractivity contribution is 0.248. The SMILES string of the molecule is Cc1sc2[nH]c(=S)n(CC(C(C)C)C(C)C)c(=O)c2c1C. The Labute approximate surface area is 135 Å². The van der Waals surface area contributed by atoms with Crippen LogP contribution in [0.15, 0.2) is 4.79 Å². The lowest BCUT2D eigenvalue weighted by Gasteiger charge is -2.25. The molecule has 0 unspecified atom stereocenters. The van der Waals surface area contributed by atoms with Crippen molar-refractivity contribution in [1.29, 1.82) is 0 Å². The molecule has 0 saturated carbocycles. The lowest BCUT2D eigenvalue weighted by atomic mass is 9.85. The van der Waals surface area contributed by atoms with Crippen LogP contribution in [0.3, 0.4) is 0 Å². The third-order valence-corrected chi connectivity index (χ3v) is 5.86. The Kier molecular flexibility index (Phi) is 4.73. The highest BCUT2D eigenvalue weighted by Crippen LogP contribution is 2.27. The molecule has 0 aliphatic carbocycles. The summed E-state index contributed by atoms with van der Waals surface area (Å²) in [7, 11) is 0. The maximum Gasteiger partial charge on any atom is 0.263 e. The molecule has 0 bridgehead atoms. The van der Waals surface area contributed by atoms with E-state index < -0.39 is 0 Å². The van der Waals surface area contributed by atoms with Crippen LogP contribution in [-0.2, 0) is 6.54 Å². The number of aromatic amines is 1. The molecule has 3 nitrogen and oxygen atoms in total. The molecule has 0 aliphatic heterocycles. The van der Waals surface area contributed by atoms with Gasteiger partial charge in [-0.3, -0.25) is 9.36 Å². The quantitative estimate of drug-likeness (QED) is 0.830. The summed E-state index contributed by atoms with van der Waals surface area (Å²) < 4.78 is 2.29. The molecule has 0 fully saturated rings. The first-order valence-electron chi connectivity index (χ1n) is 7.46. The average Bonchev–Trinajstić information content (AvgIpc) is 2.63. The van der Waals surface area contributed by atoms with Crippen molar-refractivity contribution in [3.05, 3.63) is 25.6 Å². The van der Waals surface area contributed by atoms with E-state index in [4.69, 9.17) is 12.2 Å². The lowest BCUT2D eigenvalue weighted by Crippen LogP contribution is -2.30. The van der Waals surface area contributed by atoms with Crippen LogP contribution in [0, 0.1) is 36.4 Å². The number of H-pyrrole nitrogens is 1. The van der Waals surface area contributed by atoms with Crippen LogP contribution in [0.25, 0.3) is 10.2 Å². The van der Waals surface area contributed by atoms with E-state index >= 15 is 0 Å². The van der Waals surface area contributed by atoms with Gasteiger partial charge in [0, 0.05) is 11.4 Å². The standard InChI is InChI=1S/C16H24N2OS2/c1-8(2)12(9(3)4)7-18-15(19)13-10(5)11(6)21-14(13)17-16(18)20/h8-9,12H,7H2,1-6H3,(H,17,20). The van der Waals surface area contributed by atoms with Crippen molar-refractivity contribution in [1.82, 2.24) is 9.55 Å². The Balaban J connectivity index is 2.62. The van der Waals surface area contributed by atoms with Crippen LogP contribution in [0.5, 0.6) is 0 Å². The van der Waals surface area contributed by atoms with Gasteiger partial charge in [-0.1, -0.05) is 27.7 Å². The van der Waals surface area contributed by atoms with E-state index in [1.54, 1.807) is 15.9 Å². The topological polar surface area (TPSA) is 37.8 Å². The summed E-state index contributed by atoms with van der Waals surface area (Å²) >= 11 is 7.04. The van der Waals surface area contributed by atoms with E-state index in [-0.39, 0.29) is 5.56 Å². The smallest absolute Gasteiger partial charge is 0.263 e. The minimum atomic E-state index is 0.0573. The highest BCUT2D eigenvalue weighted by molar-refractivity contribution is 7.71. The van der Waals surface area contributed by atoms with Gasteiger partial charge in [-0.2, -0.15) is 0 Å². The number of nitrogens with zero attached hydrogens (tertiary/aromatic N) is 1. The molecule has 0 aromatic carbocycles. The maximum absolute atomic E-state index is 12.8. The molecule has 116 valence electrons. The van der Waals surface area contributed by atoms with Gasteiger partial charge in [0.15, 0.2) is 4.77 Å². The largest absolute Gasteiger partial charge is 0.323 e. The predicted octanol–water partition coefficient (Wildman–Crippen LogP) is 4.67. The summed E-state index contributed by atoms with van der Waals surface area (Å²) in [4.78, 5) is 18.2. The second-order valence-electron chi connectivity index (χ2n) is 6.49. The molecule has 1 N–H and O–H groups in total. The summed E-state index contributed by atoms with van der Waals surface area (Å²) in [5, 5.41) is 0.803. The molecular weight excluding hydrogens is 300 g/mol. The van der Waals surface area contributed by atoms with Gasteiger partial charge in [0.25, 0.3) is 5.56 Å². The summed E-state index contributed by atoms with van der Waals surface area (Å²) in [6, 6.07) is 0. The van der Waals surface area contributed by atoms with Gasteiger partial charge in [-0.25, -0.2) is 0 Å². The van der Waals surface area contributed by atoms with E-state index in [1.165, 1.54) is 4.88 Å². The van der Waals surface area contributed by atoms with Gasteiger partial charge in [0.2, 0.25) is 0 Å². The number of hydrogen-bond donors (Lipinski definition) is 1. The summed E-state index contributed by atoms with van der Waals surface area (Å²) in [5.41, 5.74) is 1.13. The maximum atomic E-state index is 12.8. The van der Waals surface area contributed by atoms with E-state index in [2.05, 4.69) is 32.7 Å². The molecular formula is C16H24N2OS2. The number of aromatic nitrogens is 2. The third kappa shape index (κ3) is 2.99. The molecule has 0 saturated heterocycles. The molecule has 21 heavy (non-hydrogen) atoms. The number of fused-ring (bicyclic) bond motifs is 1. The minimum Gasteiger partial charge on any atom is -0.323 e. The van der Waals surface area contributed by atoms with Crippen molar-refractivity contribution < 1.29 is 0 Å². The Morgan fingerprint density at radius 2 is 1.76 bits per heavy atom. The highest BCUT2D eigenvalue weighted by Gasteiger charge is 2.21. The predicted molar refractivity (Wildman–Crippen MR) is 93.9 cm³/mol. The first-order valence-corrected chi connectivity index (χ1v) is 8.69. The molecule has 2 aromatic heterocycles.